The lowest BCUT2D eigenvalue weighted by molar-refractivity contribution is 0.102. The Balaban J connectivity index is 1.90. The lowest BCUT2D eigenvalue weighted by Gasteiger charge is -2.16. The van der Waals surface area contributed by atoms with Crippen LogP contribution < -0.4 is 14.8 Å². The molecule has 27 heavy (non-hydrogen) atoms. The normalized spacial score (nSPS) is 13.2. The van der Waals surface area contributed by atoms with E-state index in [-0.39, 0.29) is 16.6 Å². The zero-order valence-electron chi connectivity index (χ0n) is 15.5. The number of carbonyl (C=O) groups is 1. The second-order valence-corrected chi connectivity index (χ2v) is 8.38. The Morgan fingerprint density at radius 3 is 2.70 bits per heavy atom. The van der Waals surface area contributed by atoms with Crippen molar-refractivity contribution in [2.45, 2.75) is 18.2 Å². The summed E-state index contributed by atoms with van der Waals surface area (Å²) < 4.78 is 37.2. The molecule has 8 heteroatoms. The van der Waals surface area contributed by atoms with E-state index in [1.807, 2.05) is 0 Å². The van der Waals surface area contributed by atoms with Gasteiger partial charge in [0.1, 0.15) is 16.4 Å². The molecule has 0 aliphatic carbocycles. The number of sulfonamides is 1. The van der Waals surface area contributed by atoms with E-state index in [2.05, 4.69) is 5.32 Å². The van der Waals surface area contributed by atoms with Crippen LogP contribution in [0, 0.1) is 0 Å². The molecule has 1 aliphatic rings. The van der Waals surface area contributed by atoms with Gasteiger partial charge < -0.3 is 14.8 Å². The molecule has 0 saturated carbocycles. The fourth-order valence-electron chi connectivity index (χ4n) is 2.79. The highest BCUT2D eigenvalue weighted by Gasteiger charge is 2.23. The lowest BCUT2D eigenvalue weighted by atomic mass is 10.1. The van der Waals surface area contributed by atoms with E-state index < -0.39 is 10.0 Å². The smallest absolute Gasteiger partial charge is 0.255 e. The number of hydrogen-bond donors (Lipinski definition) is 1. The molecule has 1 N–H and O–H groups in total. The third-order valence-corrected chi connectivity index (χ3v) is 6.05. The first-order chi connectivity index (χ1) is 12.8. The summed E-state index contributed by atoms with van der Waals surface area (Å²) >= 11 is 0. The predicted molar refractivity (Wildman–Crippen MR) is 102 cm³/mol. The zero-order valence-corrected chi connectivity index (χ0v) is 16.3. The first-order valence-corrected chi connectivity index (χ1v) is 10.0. The van der Waals surface area contributed by atoms with Gasteiger partial charge in [0.25, 0.3) is 5.91 Å². The number of rotatable bonds is 6. The minimum Gasteiger partial charge on any atom is -0.493 e. The van der Waals surface area contributed by atoms with Crippen LogP contribution in [-0.4, -0.2) is 45.9 Å². The average molecular weight is 390 g/mol. The van der Waals surface area contributed by atoms with Crippen molar-refractivity contribution in [3.63, 3.8) is 0 Å². The van der Waals surface area contributed by atoms with E-state index in [4.69, 9.17) is 9.47 Å². The Bertz CT molecular complexity index is 970. The number of ether oxygens (including phenoxy) is 2. The molecular weight excluding hydrogens is 368 g/mol. The molecule has 0 aromatic heterocycles. The highest BCUT2D eigenvalue weighted by Crippen LogP contribution is 2.30. The summed E-state index contributed by atoms with van der Waals surface area (Å²) in [5.41, 5.74) is 1.86. The lowest BCUT2D eigenvalue weighted by Crippen LogP contribution is -2.23. The molecule has 0 spiro atoms. The van der Waals surface area contributed by atoms with Crippen LogP contribution in [0.25, 0.3) is 0 Å². The fraction of sp³-hybridized carbons (Fsp3) is 0.316. The van der Waals surface area contributed by atoms with Gasteiger partial charge >= 0.3 is 0 Å². The first-order valence-electron chi connectivity index (χ1n) is 8.59. The van der Waals surface area contributed by atoms with Crippen LogP contribution in [0.5, 0.6) is 11.5 Å². The third kappa shape index (κ3) is 3.91. The molecule has 7 nitrogen and oxygen atoms in total. The molecule has 0 saturated heterocycles. The summed E-state index contributed by atoms with van der Waals surface area (Å²) in [6.45, 7) is 2.73. The molecule has 1 amide bonds. The van der Waals surface area contributed by atoms with Crippen molar-refractivity contribution in [2.75, 3.05) is 32.6 Å². The fourth-order valence-corrected chi connectivity index (χ4v) is 3.84. The average Bonchev–Trinajstić information content (AvgIpc) is 3.10. The number of anilines is 1. The molecule has 1 aliphatic heterocycles. The van der Waals surface area contributed by atoms with Crippen LogP contribution in [-0.2, 0) is 16.4 Å². The quantitative estimate of drug-likeness (QED) is 0.819. The molecule has 144 valence electrons. The van der Waals surface area contributed by atoms with Gasteiger partial charge in [-0.3, -0.25) is 4.79 Å². The number of benzene rings is 2. The molecular formula is C19H22N2O5S. The molecule has 0 bridgehead atoms. The number of amides is 1. The van der Waals surface area contributed by atoms with Gasteiger partial charge in [0.05, 0.1) is 13.2 Å². The van der Waals surface area contributed by atoms with Gasteiger partial charge in [-0.05, 0) is 48.9 Å². The maximum Gasteiger partial charge on any atom is 0.255 e. The van der Waals surface area contributed by atoms with Crippen molar-refractivity contribution in [2.24, 2.45) is 0 Å². The van der Waals surface area contributed by atoms with Crippen LogP contribution in [0.15, 0.2) is 41.3 Å². The van der Waals surface area contributed by atoms with Crippen molar-refractivity contribution in [3.8, 4) is 11.5 Å². The van der Waals surface area contributed by atoms with E-state index in [1.165, 1.54) is 20.2 Å². The van der Waals surface area contributed by atoms with Gasteiger partial charge in [0.2, 0.25) is 10.0 Å². The molecule has 0 fully saturated rings. The minimum absolute atomic E-state index is 0.00880. The van der Waals surface area contributed by atoms with Gasteiger partial charge in [-0.25, -0.2) is 12.7 Å². The Hall–Kier alpha value is -2.58. The molecule has 3 rings (SSSR count). The second-order valence-electron chi connectivity index (χ2n) is 6.26. The molecule has 1 heterocycles. The summed E-state index contributed by atoms with van der Waals surface area (Å²) in [5.74, 6) is 0.730. The predicted octanol–water partition coefficient (Wildman–Crippen LogP) is 2.52. The van der Waals surface area contributed by atoms with Crippen molar-refractivity contribution < 1.29 is 22.7 Å². The SMILES string of the molecule is CCOc1ccc(NC(=O)c2ccc3c(c2)CCO3)cc1S(=O)(=O)N(C)C. The summed E-state index contributed by atoms with van der Waals surface area (Å²) in [6, 6.07) is 9.83. The second kappa shape index (κ2) is 7.58. The topological polar surface area (TPSA) is 84.9 Å². The van der Waals surface area contributed by atoms with E-state index in [0.717, 1.165) is 22.0 Å². The maximum absolute atomic E-state index is 12.6. The standard InChI is InChI=1S/C19H22N2O5S/c1-4-25-17-8-6-15(12-18(17)27(23,24)21(2)3)20-19(22)14-5-7-16-13(11-14)9-10-26-16/h5-8,11-12H,4,9-10H2,1-3H3,(H,20,22). The van der Waals surface area contributed by atoms with Gasteiger partial charge in [-0.15, -0.1) is 0 Å². The largest absolute Gasteiger partial charge is 0.493 e. The Kier molecular flexibility index (Phi) is 5.38. The molecule has 0 unspecified atom stereocenters. The highest BCUT2D eigenvalue weighted by molar-refractivity contribution is 7.89. The zero-order chi connectivity index (χ0) is 19.6. The number of carbonyl (C=O) groups excluding carboxylic acids is 1. The van der Waals surface area contributed by atoms with Crippen LogP contribution >= 0.6 is 0 Å². The minimum atomic E-state index is -3.72. The monoisotopic (exact) mass is 390 g/mol. The number of fused-ring (bicyclic) bond motifs is 1. The summed E-state index contributed by atoms with van der Waals surface area (Å²) in [6.07, 6.45) is 0.769. The molecule has 0 atom stereocenters. The number of hydrogen-bond acceptors (Lipinski definition) is 5. The van der Waals surface area contributed by atoms with Crippen molar-refractivity contribution in [3.05, 3.63) is 47.5 Å². The van der Waals surface area contributed by atoms with Gasteiger partial charge in [0, 0.05) is 31.8 Å². The molecule has 0 radical (unpaired) electrons. The summed E-state index contributed by atoms with van der Waals surface area (Å²) in [4.78, 5) is 12.6. The van der Waals surface area contributed by atoms with E-state index in [1.54, 1.807) is 37.3 Å². The van der Waals surface area contributed by atoms with Crippen LogP contribution in [0.1, 0.15) is 22.8 Å². The maximum atomic E-state index is 12.6. The Labute approximate surface area is 158 Å². The Morgan fingerprint density at radius 2 is 2.00 bits per heavy atom. The van der Waals surface area contributed by atoms with E-state index in [0.29, 0.717) is 24.5 Å². The van der Waals surface area contributed by atoms with Gasteiger partial charge in [0.15, 0.2) is 0 Å². The number of nitrogens with one attached hydrogen (secondary N) is 1. The van der Waals surface area contributed by atoms with Crippen molar-refractivity contribution >= 4 is 21.6 Å². The van der Waals surface area contributed by atoms with Crippen LogP contribution in [0.3, 0.4) is 0 Å². The molecule has 2 aromatic carbocycles. The van der Waals surface area contributed by atoms with E-state index >= 15 is 0 Å². The van der Waals surface area contributed by atoms with E-state index in [9.17, 15) is 13.2 Å². The van der Waals surface area contributed by atoms with Crippen molar-refractivity contribution in [1.29, 1.82) is 0 Å². The number of nitrogens with zero attached hydrogens (tertiary/aromatic N) is 1. The van der Waals surface area contributed by atoms with Crippen LogP contribution in [0.4, 0.5) is 5.69 Å². The first kappa shape index (κ1) is 19.2. The Morgan fingerprint density at radius 1 is 1.22 bits per heavy atom. The van der Waals surface area contributed by atoms with Gasteiger partial charge in [-0.1, -0.05) is 0 Å². The van der Waals surface area contributed by atoms with Crippen molar-refractivity contribution in [1.82, 2.24) is 4.31 Å². The van der Waals surface area contributed by atoms with Gasteiger partial charge in [-0.2, -0.15) is 0 Å². The summed E-state index contributed by atoms with van der Waals surface area (Å²) in [5, 5.41) is 2.75. The highest BCUT2D eigenvalue weighted by atomic mass is 32.2. The third-order valence-electron chi connectivity index (χ3n) is 4.21. The molecule has 2 aromatic rings. The summed E-state index contributed by atoms with van der Waals surface area (Å²) in [7, 11) is -0.825. The van der Waals surface area contributed by atoms with Crippen LogP contribution in [0.2, 0.25) is 0 Å².